The molecular weight excluding hydrogens is 757 g/mol. The molecule has 0 aliphatic heterocycles. The Kier molecular flexibility index (Phi) is 9.45. The molecule has 0 saturated carbocycles. The molecule has 2 aromatic heterocycles. The summed E-state index contributed by atoms with van der Waals surface area (Å²) in [5.74, 6) is 1.77. The number of benzene rings is 9. The lowest BCUT2D eigenvalue weighted by Gasteiger charge is -2.25. The van der Waals surface area contributed by atoms with E-state index in [1.54, 1.807) is 0 Å². The maximum Gasteiger partial charge on any atom is 0.164 e. The minimum absolute atomic E-state index is 0.573. The van der Waals surface area contributed by atoms with Gasteiger partial charge in [-0.2, -0.15) is 0 Å². The number of hydrogen-bond donors (Lipinski definition) is 0. The van der Waals surface area contributed by atoms with E-state index in [9.17, 15) is 0 Å². The van der Waals surface area contributed by atoms with E-state index in [1.165, 1.54) is 0 Å². The quantitative estimate of drug-likeness (QED) is 0.146. The minimum atomic E-state index is 0.573. The summed E-state index contributed by atoms with van der Waals surface area (Å²) in [5.41, 5.74) is 14.2. The first-order valence-corrected chi connectivity index (χ1v) is 20.8. The Labute approximate surface area is 359 Å². The molecule has 0 amide bonds. The summed E-state index contributed by atoms with van der Waals surface area (Å²) in [4.78, 5) is 17.6. The Balaban J connectivity index is 0.965. The highest BCUT2D eigenvalue weighted by Gasteiger charge is 2.17. The van der Waals surface area contributed by atoms with Crippen molar-refractivity contribution in [3.8, 4) is 67.5 Å². The number of fused-ring (bicyclic) bond motifs is 3. The fourth-order valence-corrected chi connectivity index (χ4v) is 8.20. The summed E-state index contributed by atoms with van der Waals surface area (Å²) in [7, 11) is 0. The molecule has 11 aromatic rings. The number of furan rings is 1. The Hall–Kier alpha value is -8.41. The zero-order valence-corrected chi connectivity index (χ0v) is 33.6. The van der Waals surface area contributed by atoms with Crippen LogP contribution in [-0.2, 0) is 0 Å². The fraction of sp³-hybridized carbons (Fsp3) is 0. The zero-order valence-electron chi connectivity index (χ0n) is 33.6. The monoisotopic (exact) mass is 794 g/mol. The van der Waals surface area contributed by atoms with Gasteiger partial charge in [-0.25, -0.2) is 15.0 Å². The van der Waals surface area contributed by atoms with E-state index < -0.39 is 0 Å². The summed E-state index contributed by atoms with van der Waals surface area (Å²) in [5, 5.41) is 2.09. The van der Waals surface area contributed by atoms with Crippen molar-refractivity contribution < 1.29 is 4.42 Å². The van der Waals surface area contributed by atoms with Crippen LogP contribution in [0.25, 0.3) is 89.5 Å². The van der Waals surface area contributed by atoms with Gasteiger partial charge in [0.15, 0.2) is 17.5 Å². The smallest absolute Gasteiger partial charge is 0.164 e. The van der Waals surface area contributed by atoms with Crippen LogP contribution >= 0.6 is 0 Å². The predicted octanol–water partition coefficient (Wildman–Crippen LogP) is 15.2. The first-order valence-electron chi connectivity index (χ1n) is 20.8. The average molecular weight is 795 g/mol. The van der Waals surface area contributed by atoms with Gasteiger partial charge in [0.25, 0.3) is 0 Å². The topological polar surface area (TPSA) is 55.1 Å². The minimum Gasteiger partial charge on any atom is -0.456 e. The first kappa shape index (κ1) is 36.7. The number of anilines is 3. The Bertz CT molecular complexity index is 3190. The maximum absolute atomic E-state index is 6.63. The second-order valence-electron chi connectivity index (χ2n) is 15.3. The van der Waals surface area contributed by atoms with E-state index in [2.05, 4.69) is 211 Å². The number of hydrogen-bond acceptors (Lipinski definition) is 5. The van der Waals surface area contributed by atoms with E-state index in [-0.39, 0.29) is 0 Å². The van der Waals surface area contributed by atoms with Crippen molar-refractivity contribution in [1.29, 1.82) is 0 Å². The molecule has 2 heterocycles. The van der Waals surface area contributed by atoms with Gasteiger partial charge in [-0.15, -0.1) is 0 Å². The van der Waals surface area contributed by atoms with Crippen molar-refractivity contribution in [1.82, 2.24) is 15.0 Å². The molecule has 11 rings (SSSR count). The maximum atomic E-state index is 6.63. The zero-order chi connectivity index (χ0) is 41.2. The Morgan fingerprint density at radius 3 is 1.06 bits per heavy atom. The summed E-state index contributed by atoms with van der Waals surface area (Å²) < 4.78 is 6.63. The highest BCUT2D eigenvalue weighted by Crippen LogP contribution is 2.38. The fourth-order valence-electron chi connectivity index (χ4n) is 8.20. The van der Waals surface area contributed by atoms with Crippen LogP contribution in [0.3, 0.4) is 0 Å². The molecule has 0 radical (unpaired) electrons. The molecule has 0 bridgehead atoms. The normalized spacial score (nSPS) is 11.2. The molecule has 0 saturated heterocycles. The van der Waals surface area contributed by atoms with Crippen LogP contribution in [0.5, 0.6) is 0 Å². The van der Waals surface area contributed by atoms with Crippen LogP contribution in [0.2, 0.25) is 0 Å². The lowest BCUT2D eigenvalue weighted by molar-refractivity contribution is 0.669. The van der Waals surface area contributed by atoms with Gasteiger partial charge >= 0.3 is 0 Å². The SMILES string of the molecule is c1ccc(-c2cccc(-c3nc(-c4cccc(-c5ccccc5)c4)nc(-c4ccc5c(c4)oc4cc(-c6ccc(N(c7ccccc7)c7ccccc7)cc6)ccc45)n3)c2)cc1. The van der Waals surface area contributed by atoms with Gasteiger partial charge in [0.05, 0.1) is 0 Å². The van der Waals surface area contributed by atoms with E-state index in [4.69, 9.17) is 19.4 Å². The summed E-state index contributed by atoms with van der Waals surface area (Å²) in [6.07, 6.45) is 0. The van der Waals surface area contributed by atoms with Crippen molar-refractivity contribution >= 4 is 39.0 Å². The number of para-hydroxylation sites is 2. The second-order valence-corrected chi connectivity index (χ2v) is 15.3. The third-order valence-corrected chi connectivity index (χ3v) is 11.3. The van der Waals surface area contributed by atoms with Gasteiger partial charge in [0.1, 0.15) is 11.2 Å². The molecule has 0 aliphatic rings. The van der Waals surface area contributed by atoms with Crippen LogP contribution in [0.4, 0.5) is 17.1 Å². The molecule has 0 atom stereocenters. The molecule has 9 aromatic carbocycles. The average Bonchev–Trinajstić information content (AvgIpc) is 3.73. The molecule has 0 N–H and O–H groups in total. The lowest BCUT2D eigenvalue weighted by atomic mass is 10.0. The van der Waals surface area contributed by atoms with Crippen molar-refractivity contribution in [2.45, 2.75) is 0 Å². The van der Waals surface area contributed by atoms with E-state index in [0.29, 0.717) is 17.5 Å². The third-order valence-electron chi connectivity index (χ3n) is 11.3. The Morgan fingerprint density at radius 2 is 0.581 bits per heavy atom. The number of aromatic nitrogens is 3. The third kappa shape index (κ3) is 7.18. The highest BCUT2D eigenvalue weighted by molar-refractivity contribution is 6.07. The van der Waals surface area contributed by atoms with Gasteiger partial charge in [-0.05, 0) is 106 Å². The molecule has 5 nitrogen and oxygen atoms in total. The first-order chi connectivity index (χ1) is 30.7. The summed E-state index contributed by atoms with van der Waals surface area (Å²) in [6, 6.07) is 79.9. The molecule has 62 heavy (non-hydrogen) atoms. The molecule has 292 valence electrons. The summed E-state index contributed by atoms with van der Waals surface area (Å²) >= 11 is 0. The largest absolute Gasteiger partial charge is 0.456 e. The van der Waals surface area contributed by atoms with Crippen LogP contribution in [-0.4, -0.2) is 15.0 Å². The standard InChI is InChI=1S/C57H38N4O/c1-5-15-39(16-6-1)42-19-13-21-45(35-42)55-58-56(46-22-14-20-43(36-46)40-17-7-2-8-18-40)60-57(59-55)47-30-34-52-51-33-29-44(37-53(51)62-54(52)38-47)41-27-31-50(32-28-41)61(48-23-9-3-10-24-48)49-25-11-4-12-26-49/h1-38H. The van der Waals surface area contributed by atoms with E-state index in [0.717, 1.165) is 89.1 Å². The predicted molar refractivity (Wildman–Crippen MR) is 254 cm³/mol. The van der Waals surface area contributed by atoms with Gasteiger partial charge in [0, 0.05) is 44.5 Å². The van der Waals surface area contributed by atoms with Gasteiger partial charge in [-0.1, -0.05) is 158 Å². The number of nitrogens with zero attached hydrogens (tertiary/aromatic N) is 4. The van der Waals surface area contributed by atoms with Crippen molar-refractivity contribution in [3.05, 3.63) is 231 Å². The van der Waals surface area contributed by atoms with Gasteiger partial charge in [-0.3, -0.25) is 0 Å². The molecule has 0 fully saturated rings. The van der Waals surface area contributed by atoms with Crippen LogP contribution in [0, 0.1) is 0 Å². The van der Waals surface area contributed by atoms with Crippen LogP contribution < -0.4 is 4.90 Å². The molecule has 0 aliphatic carbocycles. The Morgan fingerprint density at radius 1 is 0.258 bits per heavy atom. The van der Waals surface area contributed by atoms with Crippen molar-refractivity contribution in [3.63, 3.8) is 0 Å². The molecular formula is C57H38N4O. The van der Waals surface area contributed by atoms with Crippen molar-refractivity contribution in [2.75, 3.05) is 4.90 Å². The number of rotatable bonds is 9. The van der Waals surface area contributed by atoms with Crippen molar-refractivity contribution in [2.24, 2.45) is 0 Å². The van der Waals surface area contributed by atoms with Gasteiger partial charge < -0.3 is 9.32 Å². The molecule has 0 spiro atoms. The van der Waals surface area contributed by atoms with Crippen LogP contribution in [0.15, 0.2) is 235 Å². The van der Waals surface area contributed by atoms with E-state index in [1.807, 2.05) is 24.3 Å². The molecule has 0 unspecified atom stereocenters. The van der Waals surface area contributed by atoms with E-state index >= 15 is 0 Å². The summed E-state index contributed by atoms with van der Waals surface area (Å²) in [6.45, 7) is 0. The molecule has 5 heteroatoms. The highest BCUT2D eigenvalue weighted by atomic mass is 16.3. The second kappa shape index (κ2) is 16.0. The van der Waals surface area contributed by atoms with Gasteiger partial charge in [0.2, 0.25) is 0 Å². The van der Waals surface area contributed by atoms with Crippen LogP contribution in [0.1, 0.15) is 0 Å². The lowest BCUT2D eigenvalue weighted by Crippen LogP contribution is -2.09.